The van der Waals surface area contributed by atoms with E-state index in [0.29, 0.717) is 6.61 Å². The Kier molecular flexibility index (Phi) is 22.6. The molecule has 0 saturated heterocycles. The van der Waals surface area contributed by atoms with Crippen LogP contribution in [0.5, 0.6) is 0 Å². The van der Waals surface area contributed by atoms with Crippen molar-refractivity contribution in [2.45, 2.75) is 136 Å². The lowest BCUT2D eigenvalue weighted by Gasteiger charge is -2.03. The summed E-state index contributed by atoms with van der Waals surface area (Å²) < 4.78 is 4.86. The van der Waals surface area contributed by atoms with Gasteiger partial charge in [-0.3, -0.25) is 0 Å². The van der Waals surface area contributed by atoms with E-state index >= 15 is 0 Å². The molecule has 2 heteroatoms. The minimum Gasteiger partial charge on any atom is -0.463 e. The molecule has 0 bridgehead atoms. The van der Waals surface area contributed by atoms with Gasteiger partial charge < -0.3 is 4.74 Å². The first-order valence-electron chi connectivity index (χ1n) is 12.1. The van der Waals surface area contributed by atoms with Crippen molar-refractivity contribution in [1.29, 1.82) is 0 Å². The molecule has 0 saturated carbocycles. The van der Waals surface area contributed by atoms with E-state index in [2.05, 4.69) is 6.92 Å². The summed E-state index contributed by atoms with van der Waals surface area (Å²) in [4.78, 5) is 11.1. The summed E-state index contributed by atoms with van der Waals surface area (Å²) in [6, 6.07) is 0. The van der Waals surface area contributed by atoms with Crippen molar-refractivity contribution in [3.63, 3.8) is 0 Å². The maximum atomic E-state index is 11.1. The fourth-order valence-electron chi connectivity index (χ4n) is 3.53. The molecule has 2 nitrogen and oxygen atoms in total. The average molecular weight is 381 g/mol. The maximum absolute atomic E-state index is 11.1. The van der Waals surface area contributed by atoms with E-state index in [1.807, 2.05) is 13.0 Å². The standard InChI is InChI=1S/C25H48O2/c1-3-5-6-7-8-9-10-11-12-13-14-15-16-17-18-19-20-21-22-23-24-25(26)27-4-2/h23-24H,3-22H2,1-2H3. The Morgan fingerprint density at radius 1 is 0.593 bits per heavy atom. The molecule has 0 atom stereocenters. The van der Waals surface area contributed by atoms with Gasteiger partial charge in [0, 0.05) is 6.08 Å². The Bertz CT molecular complexity index is 322. The summed E-state index contributed by atoms with van der Waals surface area (Å²) in [5.41, 5.74) is 0. The highest BCUT2D eigenvalue weighted by Gasteiger charge is 1.95. The second-order valence-electron chi connectivity index (χ2n) is 7.95. The van der Waals surface area contributed by atoms with E-state index in [4.69, 9.17) is 4.74 Å². The van der Waals surface area contributed by atoms with Crippen LogP contribution in [0, 0.1) is 0 Å². The van der Waals surface area contributed by atoms with Gasteiger partial charge in [0.2, 0.25) is 0 Å². The zero-order chi connectivity index (χ0) is 19.8. The molecule has 0 rings (SSSR count). The van der Waals surface area contributed by atoms with Gasteiger partial charge in [0.25, 0.3) is 0 Å². The Labute approximate surface area is 170 Å². The topological polar surface area (TPSA) is 26.3 Å². The molecule has 0 aromatic carbocycles. The minimum absolute atomic E-state index is 0.208. The van der Waals surface area contributed by atoms with Crippen molar-refractivity contribution in [1.82, 2.24) is 0 Å². The zero-order valence-electron chi connectivity index (χ0n) is 18.6. The summed E-state index contributed by atoms with van der Waals surface area (Å²) in [5.74, 6) is -0.208. The van der Waals surface area contributed by atoms with Crippen LogP contribution >= 0.6 is 0 Å². The van der Waals surface area contributed by atoms with Crippen molar-refractivity contribution < 1.29 is 9.53 Å². The van der Waals surface area contributed by atoms with Crippen LogP contribution in [-0.4, -0.2) is 12.6 Å². The predicted molar refractivity (Wildman–Crippen MR) is 119 cm³/mol. The molecule has 0 radical (unpaired) electrons. The lowest BCUT2D eigenvalue weighted by Crippen LogP contribution is -1.98. The largest absolute Gasteiger partial charge is 0.463 e. The van der Waals surface area contributed by atoms with Crippen molar-refractivity contribution >= 4 is 5.97 Å². The predicted octanol–water partition coefficient (Wildman–Crippen LogP) is 8.54. The van der Waals surface area contributed by atoms with Crippen LogP contribution in [0.25, 0.3) is 0 Å². The van der Waals surface area contributed by atoms with Crippen molar-refractivity contribution in [2.24, 2.45) is 0 Å². The molecule has 0 aromatic rings. The maximum Gasteiger partial charge on any atom is 0.330 e. The molecule has 0 heterocycles. The number of unbranched alkanes of at least 4 members (excludes halogenated alkanes) is 18. The van der Waals surface area contributed by atoms with E-state index in [-0.39, 0.29) is 5.97 Å². The Morgan fingerprint density at radius 2 is 0.963 bits per heavy atom. The Balaban J connectivity index is 3.08. The summed E-state index contributed by atoms with van der Waals surface area (Å²) in [7, 11) is 0. The van der Waals surface area contributed by atoms with Crippen LogP contribution in [0.4, 0.5) is 0 Å². The highest BCUT2D eigenvalue weighted by Crippen LogP contribution is 2.14. The molecule has 0 N–H and O–H groups in total. The minimum atomic E-state index is -0.208. The molecule has 0 aromatic heterocycles. The number of allylic oxidation sites excluding steroid dienone is 1. The van der Waals surface area contributed by atoms with Gasteiger partial charge in [-0.2, -0.15) is 0 Å². The Hall–Kier alpha value is -0.790. The van der Waals surface area contributed by atoms with Crippen LogP contribution < -0.4 is 0 Å². The monoisotopic (exact) mass is 380 g/mol. The highest BCUT2D eigenvalue weighted by molar-refractivity contribution is 5.81. The van der Waals surface area contributed by atoms with Crippen LogP contribution in [0.2, 0.25) is 0 Å². The van der Waals surface area contributed by atoms with E-state index < -0.39 is 0 Å². The number of hydrogen-bond acceptors (Lipinski definition) is 2. The third-order valence-electron chi connectivity index (χ3n) is 5.26. The third kappa shape index (κ3) is 23.2. The quantitative estimate of drug-likeness (QED) is 0.113. The normalized spacial score (nSPS) is 11.3. The lowest BCUT2D eigenvalue weighted by atomic mass is 10.0. The summed E-state index contributed by atoms with van der Waals surface area (Å²) >= 11 is 0. The molecule has 0 aliphatic carbocycles. The number of esters is 1. The number of rotatable bonds is 21. The van der Waals surface area contributed by atoms with Crippen LogP contribution in [0.3, 0.4) is 0 Å². The number of ether oxygens (including phenoxy) is 1. The van der Waals surface area contributed by atoms with E-state index in [0.717, 1.165) is 6.42 Å². The summed E-state index contributed by atoms with van der Waals surface area (Å²) in [5, 5.41) is 0. The van der Waals surface area contributed by atoms with Gasteiger partial charge in [-0.15, -0.1) is 0 Å². The fourth-order valence-corrected chi connectivity index (χ4v) is 3.53. The fraction of sp³-hybridized carbons (Fsp3) is 0.880. The first-order valence-corrected chi connectivity index (χ1v) is 12.1. The van der Waals surface area contributed by atoms with E-state index in [1.54, 1.807) is 6.08 Å². The molecule has 0 amide bonds. The highest BCUT2D eigenvalue weighted by atomic mass is 16.5. The van der Waals surface area contributed by atoms with Gasteiger partial charge in [0.05, 0.1) is 6.61 Å². The molecule has 0 unspecified atom stereocenters. The number of carbonyl (C=O) groups is 1. The molecule has 0 fully saturated rings. The molecular weight excluding hydrogens is 332 g/mol. The smallest absolute Gasteiger partial charge is 0.330 e. The molecule has 0 aliphatic heterocycles. The lowest BCUT2D eigenvalue weighted by molar-refractivity contribution is -0.137. The average Bonchev–Trinajstić information content (AvgIpc) is 2.66. The summed E-state index contributed by atoms with van der Waals surface area (Å²) in [6.07, 6.45) is 29.8. The first-order chi connectivity index (χ1) is 13.3. The molecule has 0 spiro atoms. The van der Waals surface area contributed by atoms with Crippen LogP contribution in [0.15, 0.2) is 12.2 Å². The molecule has 0 aliphatic rings. The van der Waals surface area contributed by atoms with E-state index in [1.165, 1.54) is 116 Å². The van der Waals surface area contributed by atoms with Gasteiger partial charge >= 0.3 is 5.97 Å². The third-order valence-corrected chi connectivity index (χ3v) is 5.26. The molecular formula is C25H48O2. The number of hydrogen-bond donors (Lipinski definition) is 0. The molecule has 160 valence electrons. The van der Waals surface area contributed by atoms with Gasteiger partial charge in [0.1, 0.15) is 0 Å². The molecule has 27 heavy (non-hydrogen) atoms. The van der Waals surface area contributed by atoms with Crippen molar-refractivity contribution in [3.8, 4) is 0 Å². The zero-order valence-corrected chi connectivity index (χ0v) is 18.6. The first kappa shape index (κ1) is 26.2. The van der Waals surface area contributed by atoms with Gasteiger partial charge in [-0.25, -0.2) is 4.79 Å². The van der Waals surface area contributed by atoms with Gasteiger partial charge in [-0.05, 0) is 19.8 Å². The van der Waals surface area contributed by atoms with Crippen molar-refractivity contribution in [2.75, 3.05) is 6.61 Å². The van der Waals surface area contributed by atoms with Gasteiger partial charge in [-0.1, -0.05) is 122 Å². The SMILES string of the molecule is CCCCCCCCCCCCCCCCCCCCC=CC(=O)OCC. The summed E-state index contributed by atoms with van der Waals surface area (Å²) in [6.45, 7) is 4.59. The van der Waals surface area contributed by atoms with Crippen LogP contribution in [-0.2, 0) is 9.53 Å². The second-order valence-corrected chi connectivity index (χ2v) is 7.95. The van der Waals surface area contributed by atoms with Crippen molar-refractivity contribution in [3.05, 3.63) is 12.2 Å². The van der Waals surface area contributed by atoms with E-state index in [9.17, 15) is 4.79 Å². The van der Waals surface area contributed by atoms with Crippen LogP contribution in [0.1, 0.15) is 136 Å². The second kappa shape index (κ2) is 23.2. The van der Waals surface area contributed by atoms with Gasteiger partial charge in [0.15, 0.2) is 0 Å². The number of carbonyl (C=O) groups excluding carboxylic acids is 1. The Morgan fingerprint density at radius 3 is 1.33 bits per heavy atom.